The first-order valence-corrected chi connectivity index (χ1v) is 10.4. The normalized spacial score (nSPS) is 11.3. The van der Waals surface area contributed by atoms with Crippen molar-refractivity contribution in [3.05, 3.63) is 94.8 Å². The van der Waals surface area contributed by atoms with E-state index in [0.29, 0.717) is 27.8 Å². The lowest BCUT2D eigenvalue weighted by atomic mass is 10.1. The van der Waals surface area contributed by atoms with Crippen molar-refractivity contribution < 1.29 is 14.0 Å². The zero-order valence-electron chi connectivity index (χ0n) is 18.0. The van der Waals surface area contributed by atoms with Gasteiger partial charge in [-0.05, 0) is 54.6 Å². The predicted molar refractivity (Wildman–Crippen MR) is 128 cm³/mol. The molecule has 0 aromatic heterocycles. The number of amidine groups is 1. The molecular weight excluding hydrogens is 445 g/mol. The predicted octanol–water partition coefficient (Wildman–Crippen LogP) is 4.87. The van der Waals surface area contributed by atoms with Crippen LogP contribution in [0, 0.1) is 11.2 Å². The number of benzene rings is 3. The van der Waals surface area contributed by atoms with E-state index in [2.05, 4.69) is 16.0 Å². The van der Waals surface area contributed by atoms with Crippen LogP contribution in [0.2, 0.25) is 5.02 Å². The van der Waals surface area contributed by atoms with Gasteiger partial charge in [0, 0.05) is 41.6 Å². The Balaban J connectivity index is 1.78. The van der Waals surface area contributed by atoms with Crippen molar-refractivity contribution in [2.24, 2.45) is 0 Å². The molecule has 0 aliphatic carbocycles. The Bertz CT molecular complexity index is 1150. The van der Waals surface area contributed by atoms with E-state index in [0.717, 1.165) is 0 Å². The van der Waals surface area contributed by atoms with Crippen LogP contribution in [0.25, 0.3) is 0 Å². The molecule has 0 aliphatic rings. The summed E-state index contributed by atoms with van der Waals surface area (Å²) in [5, 5.41) is 16.3. The molecule has 0 saturated carbocycles. The number of anilines is 2. The highest BCUT2D eigenvalue weighted by atomic mass is 35.5. The standard InChI is InChI=1S/C24H23ClFN5O2/c1-31(2)22(27)15-7-11-17(12-8-15)28-23(32)21(19-5-3-4-6-20(19)26)30-24(33)29-18-13-9-16(25)10-14-18/h3-14,21,27H,1-2H3,(H,28,32)(H2,29,30,33). The zero-order chi connectivity index (χ0) is 24.0. The highest BCUT2D eigenvalue weighted by molar-refractivity contribution is 6.30. The van der Waals surface area contributed by atoms with E-state index in [4.69, 9.17) is 17.0 Å². The summed E-state index contributed by atoms with van der Waals surface area (Å²) in [5.74, 6) is -0.932. The minimum absolute atomic E-state index is 0.0206. The Morgan fingerprint density at radius 2 is 1.48 bits per heavy atom. The second kappa shape index (κ2) is 10.6. The number of halogens is 2. The second-order valence-corrected chi connectivity index (χ2v) is 7.81. The third-order valence-electron chi connectivity index (χ3n) is 4.73. The largest absolute Gasteiger partial charge is 0.363 e. The third-order valence-corrected chi connectivity index (χ3v) is 4.98. The Hall–Kier alpha value is -3.91. The minimum atomic E-state index is -1.29. The number of nitrogens with one attached hydrogen (secondary N) is 4. The first-order chi connectivity index (χ1) is 15.7. The molecule has 1 unspecified atom stereocenters. The first kappa shape index (κ1) is 23.7. The molecule has 170 valence electrons. The van der Waals surface area contributed by atoms with E-state index in [9.17, 15) is 14.0 Å². The highest BCUT2D eigenvalue weighted by Gasteiger charge is 2.26. The van der Waals surface area contributed by atoms with E-state index >= 15 is 0 Å². The number of rotatable bonds is 6. The van der Waals surface area contributed by atoms with Crippen molar-refractivity contribution in [2.45, 2.75) is 6.04 Å². The van der Waals surface area contributed by atoms with E-state index in [1.807, 2.05) is 0 Å². The fourth-order valence-corrected chi connectivity index (χ4v) is 3.14. The molecule has 4 N–H and O–H groups in total. The van der Waals surface area contributed by atoms with E-state index in [-0.39, 0.29) is 5.56 Å². The molecule has 1 atom stereocenters. The molecule has 0 fully saturated rings. The molecule has 3 aromatic rings. The summed E-state index contributed by atoms with van der Waals surface area (Å²) in [4.78, 5) is 27.2. The van der Waals surface area contributed by atoms with Crippen LogP contribution in [0.1, 0.15) is 17.2 Å². The quantitative estimate of drug-likeness (QED) is 0.307. The third kappa shape index (κ3) is 6.30. The fraction of sp³-hybridized carbons (Fsp3) is 0.125. The van der Waals surface area contributed by atoms with Crippen LogP contribution in [0.4, 0.5) is 20.6 Å². The number of nitrogens with zero attached hydrogens (tertiary/aromatic N) is 1. The number of hydrogen-bond acceptors (Lipinski definition) is 3. The average molecular weight is 468 g/mol. The molecule has 0 aliphatic heterocycles. The van der Waals surface area contributed by atoms with Crippen LogP contribution in [-0.4, -0.2) is 36.8 Å². The smallest absolute Gasteiger partial charge is 0.320 e. The van der Waals surface area contributed by atoms with Gasteiger partial charge < -0.3 is 20.9 Å². The van der Waals surface area contributed by atoms with Gasteiger partial charge in [0.05, 0.1) is 0 Å². The number of hydrogen-bond donors (Lipinski definition) is 4. The molecule has 7 nitrogen and oxygen atoms in total. The summed E-state index contributed by atoms with van der Waals surface area (Å²) in [7, 11) is 3.52. The molecule has 3 rings (SSSR count). The van der Waals surface area contributed by atoms with Crippen LogP contribution < -0.4 is 16.0 Å². The molecule has 0 saturated heterocycles. The van der Waals surface area contributed by atoms with Crippen molar-refractivity contribution in [1.82, 2.24) is 10.2 Å². The first-order valence-electron chi connectivity index (χ1n) is 9.99. The number of carbonyl (C=O) groups is 2. The molecule has 0 bridgehead atoms. The molecule has 0 radical (unpaired) electrons. The number of amides is 3. The summed E-state index contributed by atoms with van der Waals surface area (Å²) in [5.41, 5.74) is 1.59. The van der Waals surface area contributed by atoms with E-state index in [1.165, 1.54) is 18.2 Å². The van der Waals surface area contributed by atoms with Gasteiger partial charge in [-0.2, -0.15) is 0 Å². The number of urea groups is 1. The molecule has 9 heteroatoms. The van der Waals surface area contributed by atoms with Gasteiger partial charge in [0.25, 0.3) is 5.91 Å². The molecular formula is C24H23ClFN5O2. The molecule has 0 heterocycles. The Morgan fingerprint density at radius 1 is 0.909 bits per heavy atom. The van der Waals surface area contributed by atoms with Gasteiger partial charge in [0.2, 0.25) is 0 Å². The maximum atomic E-state index is 14.5. The van der Waals surface area contributed by atoms with Crippen molar-refractivity contribution in [1.29, 1.82) is 5.41 Å². The van der Waals surface area contributed by atoms with Crippen LogP contribution >= 0.6 is 11.6 Å². The van der Waals surface area contributed by atoms with Gasteiger partial charge in [-0.15, -0.1) is 0 Å². The average Bonchev–Trinajstić information content (AvgIpc) is 2.79. The second-order valence-electron chi connectivity index (χ2n) is 7.37. The molecule has 33 heavy (non-hydrogen) atoms. The Kier molecular flexibility index (Phi) is 7.63. The van der Waals surface area contributed by atoms with Crippen LogP contribution in [0.5, 0.6) is 0 Å². The monoisotopic (exact) mass is 467 g/mol. The van der Waals surface area contributed by atoms with E-state index < -0.39 is 23.8 Å². The summed E-state index contributed by atoms with van der Waals surface area (Å²) in [6, 6.07) is 16.8. The van der Waals surface area contributed by atoms with Gasteiger partial charge >= 0.3 is 6.03 Å². The lowest BCUT2D eigenvalue weighted by molar-refractivity contribution is -0.118. The van der Waals surface area contributed by atoms with Gasteiger partial charge in [0.15, 0.2) is 0 Å². The van der Waals surface area contributed by atoms with Crippen LogP contribution in [-0.2, 0) is 4.79 Å². The lowest BCUT2D eigenvalue weighted by Gasteiger charge is -2.20. The fourth-order valence-electron chi connectivity index (χ4n) is 3.01. The zero-order valence-corrected chi connectivity index (χ0v) is 18.8. The summed E-state index contributed by atoms with van der Waals surface area (Å²) >= 11 is 5.85. The van der Waals surface area contributed by atoms with Crippen LogP contribution in [0.3, 0.4) is 0 Å². The summed E-state index contributed by atoms with van der Waals surface area (Å²) < 4.78 is 14.5. The van der Waals surface area contributed by atoms with Crippen LogP contribution in [0.15, 0.2) is 72.8 Å². The van der Waals surface area contributed by atoms with Crippen molar-refractivity contribution >= 4 is 40.7 Å². The molecule has 3 aromatic carbocycles. The van der Waals surface area contributed by atoms with Gasteiger partial charge in [0.1, 0.15) is 17.7 Å². The van der Waals surface area contributed by atoms with Crippen molar-refractivity contribution in [2.75, 3.05) is 24.7 Å². The Morgan fingerprint density at radius 3 is 2.09 bits per heavy atom. The number of carbonyl (C=O) groups excluding carboxylic acids is 2. The molecule has 0 spiro atoms. The summed E-state index contributed by atoms with van der Waals surface area (Å²) in [6.07, 6.45) is 0. The molecule has 3 amide bonds. The SMILES string of the molecule is CN(C)C(=N)c1ccc(NC(=O)C(NC(=O)Nc2ccc(Cl)cc2)c2ccccc2F)cc1. The highest BCUT2D eigenvalue weighted by Crippen LogP contribution is 2.21. The van der Waals surface area contributed by atoms with Crippen molar-refractivity contribution in [3.63, 3.8) is 0 Å². The lowest BCUT2D eigenvalue weighted by Crippen LogP contribution is -2.39. The van der Waals surface area contributed by atoms with Gasteiger partial charge in [-0.25, -0.2) is 9.18 Å². The maximum Gasteiger partial charge on any atom is 0.320 e. The van der Waals surface area contributed by atoms with Crippen molar-refractivity contribution in [3.8, 4) is 0 Å². The van der Waals surface area contributed by atoms with Gasteiger partial charge in [-0.1, -0.05) is 29.8 Å². The van der Waals surface area contributed by atoms with E-state index in [1.54, 1.807) is 73.6 Å². The summed E-state index contributed by atoms with van der Waals surface area (Å²) in [6.45, 7) is 0. The minimum Gasteiger partial charge on any atom is -0.363 e. The topological polar surface area (TPSA) is 97.3 Å². The Labute approximate surface area is 196 Å². The van der Waals surface area contributed by atoms with Gasteiger partial charge in [-0.3, -0.25) is 10.2 Å². The maximum absolute atomic E-state index is 14.5.